The van der Waals surface area contributed by atoms with Crippen LogP contribution >= 0.6 is 11.3 Å². The summed E-state index contributed by atoms with van der Waals surface area (Å²) in [7, 11) is 1.77. The topological polar surface area (TPSA) is 82.5 Å². The van der Waals surface area contributed by atoms with Gasteiger partial charge in [0.15, 0.2) is 10.8 Å². The molecule has 0 radical (unpaired) electrons. The summed E-state index contributed by atoms with van der Waals surface area (Å²) in [6.07, 6.45) is 1.27. The Morgan fingerprint density at radius 2 is 2.33 bits per heavy atom. The van der Waals surface area contributed by atoms with E-state index in [0.29, 0.717) is 23.0 Å². The number of rotatable bonds is 3. The van der Waals surface area contributed by atoms with E-state index in [1.165, 1.54) is 11.3 Å². The molecular weight excluding hydrogens is 254 g/mol. The van der Waals surface area contributed by atoms with E-state index in [2.05, 4.69) is 10.3 Å². The fourth-order valence-corrected chi connectivity index (χ4v) is 2.84. The quantitative estimate of drug-likeness (QED) is 0.861. The van der Waals surface area contributed by atoms with Crippen LogP contribution in [0.25, 0.3) is 0 Å². The third-order valence-electron chi connectivity index (χ3n) is 2.95. The van der Waals surface area contributed by atoms with Gasteiger partial charge in [0.25, 0.3) is 0 Å². The number of aryl methyl sites for hydroxylation is 1. The zero-order valence-electron chi connectivity index (χ0n) is 10.3. The molecule has 2 heterocycles. The molecule has 1 fully saturated rings. The van der Waals surface area contributed by atoms with E-state index >= 15 is 0 Å². The predicted octanol–water partition coefficient (Wildman–Crippen LogP) is 1.18. The van der Waals surface area contributed by atoms with Crippen molar-refractivity contribution in [2.45, 2.75) is 25.8 Å². The van der Waals surface area contributed by atoms with Crippen LogP contribution in [0.15, 0.2) is 0 Å². The third kappa shape index (κ3) is 2.61. The summed E-state index contributed by atoms with van der Waals surface area (Å²) in [5, 5.41) is 12.7. The Morgan fingerprint density at radius 1 is 1.61 bits per heavy atom. The number of aromatic carboxylic acids is 1. The second-order valence-corrected chi connectivity index (χ2v) is 5.59. The number of carbonyl (C=O) groups excluding carboxylic acids is 1. The normalized spacial score (nSPS) is 20.0. The molecule has 1 aliphatic heterocycles. The number of nitrogens with one attached hydrogen (secondary N) is 1. The first-order valence-corrected chi connectivity index (χ1v) is 6.50. The number of likely N-dealkylation sites (N-methyl/N-ethyl adjacent to an activating group) is 1. The van der Waals surface area contributed by atoms with Crippen molar-refractivity contribution in [1.29, 1.82) is 0 Å². The van der Waals surface area contributed by atoms with Crippen molar-refractivity contribution in [1.82, 2.24) is 9.88 Å². The van der Waals surface area contributed by atoms with Crippen LogP contribution in [0.2, 0.25) is 0 Å². The van der Waals surface area contributed by atoms with Crippen LogP contribution in [0.5, 0.6) is 0 Å². The van der Waals surface area contributed by atoms with Crippen molar-refractivity contribution in [2.75, 3.05) is 18.9 Å². The first kappa shape index (κ1) is 12.8. The number of aromatic nitrogens is 1. The smallest absolute Gasteiger partial charge is 0.355 e. The number of nitrogens with zero attached hydrogens (tertiary/aromatic N) is 2. The molecule has 0 aromatic carbocycles. The van der Waals surface area contributed by atoms with Crippen LogP contribution in [-0.4, -0.2) is 46.5 Å². The largest absolute Gasteiger partial charge is 0.476 e. The van der Waals surface area contributed by atoms with Crippen LogP contribution < -0.4 is 5.32 Å². The molecule has 2 N–H and O–H groups in total. The Hall–Kier alpha value is -1.63. The van der Waals surface area contributed by atoms with E-state index in [4.69, 9.17) is 5.11 Å². The Kier molecular flexibility index (Phi) is 3.51. The summed E-state index contributed by atoms with van der Waals surface area (Å²) >= 11 is 1.33. The number of carboxylic acids is 1. The lowest BCUT2D eigenvalue weighted by molar-refractivity contribution is -0.132. The van der Waals surface area contributed by atoms with E-state index in [-0.39, 0.29) is 17.6 Å². The SMILES string of the molecule is Cc1sc(NC2CCC(=O)N(C)C2)nc1C(=O)O. The molecule has 1 aliphatic rings. The van der Waals surface area contributed by atoms with Crippen molar-refractivity contribution in [2.24, 2.45) is 0 Å². The standard InChI is InChI=1S/C11H15N3O3S/c1-6-9(10(16)17)13-11(18-6)12-7-3-4-8(15)14(2)5-7/h7H,3-5H2,1-2H3,(H,12,13)(H,16,17). The van der Waals surface area contributed by atoms with Gasteiger partial charge in [-0.25, -0.2) is 9.78 Å². The van der Waals surface area contributed by atoms with E-state index in [0.717, 1.165) is 6.42 Å². The summed E-state index contributed by atoms with van der Waals surface area (Å²) in [5.74, 6) is -0.859. The Labute approximate surface area is 109 Å². The van der Waals surface area contributed by atoms with Gasteiger partial charge in [-0.05, 0) is 13.3 Å². The van der Waals surface area contributed by atoms with Gasteiger partial charge in [-0.2, -0.15) is 0 Å². The van der Waals surface area contributed by atoms with Crippen LogP contribution in [0.4, 0.5) is 5.13 Å². The molecule has 1 aromatic rings. The summed E-state index contributed by atoms with van der Waals surface area (Å²) in [5.41, 5.74) is 0.0998. The lowest BCUT2D eigenvalue weighted by Gasteiger charge is -2.29. The first-order chi connectivity index (χ1) is 8.47. The molecule has 7 heteroatoms. The summed E-state index contributed by atoms with van der Waals surface area (Å²) in [4.78, 5) is 28.7. The molecule has 1 saturated heterocycles. The van der Waals surface area contributed by atoms with Gasteiger partial charge in [0.1, 0.15) is 0 Å². The zero-order valence-corrected chi connectivity index (χ0v) is 11.1. The summed E-state index contributed by atoms with van der Waals surface area (Å²) in [6, 6.07) is 0.139. The van der Waals surface area contributed by atoms with Crippen molar-refractivity contribution < 1.29 is 14.7 Å². The maximum atomic E-state index is 11.3. The van der Waals surface area contributed by atoms with Crippen molar-refractivity contribution in [3.63, 3.8) is 0 Å². The number of carboxylic acid groups (broad SMARTS) is 1. The molecule has 0 saturated carbocycles. The predicted molar refractivity (Wildman–Crippen MR) is 68.1 cm³/mol. The highest BCUT2D eigenvalue weighted by Crippen LogP contribution is 2.24. The molecule has 1 amide bonds. The molecule has 18 heavy (non-hydrogen) atoms. The van der Waals surface area contributed by atoms with Crippen molar-refractivity contribution >= 4 is 28.3 Å². The van der Waals surface area contributed by atoms with Crippen LogP contribution in [-0.2, 0) is 4.79 Å². The number of hydrogen-bond donors (Lipinski definition) is 2. The molecule has 1 unspecified atom stereocenters. The number of piperidine rings is 1. The Balaban J connectivity index is 2.04. The average molecular weight is 269 g/mol. The minimum atomic E-state index is -1.01. The number of thiazole rings is 1. The number of anilines is 1. The Bertz CT molecular complexity index is 486. The van der Waals surface area contributed by atoms with Gasteiger partial charge in [0.05, 0.1) is 0 Å². The highest BCUT2D eigenvalue weighted by Gasteiger charge is 2.24. The lowest BCUT2D eigenvalue weighted by Crippen LogP contribution is -2.43. The minimum Gasteiger partial charge on any atom is -0.476 e. The highest BCUT2D eigenvalue weighted by molar-refractivity contribution is 7.15. The number of hydrogen-bond acceptors (Lipinski definition) is 5. The second kappa shape index (κ2) is 4.93. The molecule has 98 valence electrons. The van der Waals surface area contributed by atoms with Crippen LogP contribution in [0.3, 0.4) is 0 Å². The lowest BCUT2D eigenvalue weighted by atomic mass is 10.1. The number of likely N-dealkylation sites (tertiary alicyclic amines) is 1. The van der Waals surface area contributed by atoms with Gasteiger partial charge in [-0.15, -0.1) is 11.3 Å². The fourth-order valence-electron chi connectivity index (χ4n) is 1.96. The maximum Gasteiger partial charge on any atom is 0.355 e. The molecule has 1 atom stereocenters. The number of amides is 1. The molecule has 2 rings (SSSR count). The van der Waals surface area contributed by atoms with E-state index < -0.39 is 5.97 Å². The van der Waals surface area contributed by atoms with Crippen molar-refractivity contribution in [3.8, 4) is 0 Å². The fraction of sp³-hybridized carbons (Fsp3) is 0.545. The van der Waals surface area contributed by atoms with Crippen LogP contribution in [0, 0.1) is 6.92 Å². The average Bonchev–Trinajstić information content (AvgIpc) is 2.65. The van der Waals surface area contributed by atoms with E-state index in [1.54, 1.807) is 18.9 Å². The van der Waals surface area contributed by atoms with Gasteiger partial charge in [-0.3, -0.25) is 4.79 Å². The number of carbonyl (C=O) groups is 2. The summed E-state index contributed by atoms with van der Waals surface area (Å²) in [6.45, 7) is 2.36. The first-order valence-electron chi connectivity index (χ1n) is 5.68. The molecule has 1 aromatic heterocycles. The highest BCUT2D eigenvalue weighted by atomic mass is 32.1. The van der Waals surface area contributed by atoms with Gasteiger partial charge in [0.2, 0.25) is 5.91 Å². The van der Waals surface area contributed by atoms with Gasteiger partial charge < -0.3 is 15.3 Å². The third-order valence-corrected chi connectivity index (χ3v) is 3.86. The van der Waals surface area contributed by atoms with Gasteiger partial charge in [-0.1, -0.05) is 0 Å². The molecule has 0 spiro atoms. The van der Waals surface area contributed by atoms with E-state index in [1.807, 2.05) is 0 Å². The zero-order chi connectivity index (χ0) is 13.3. The van der Waals surface area contributed by atoms with Crippen LogP contribution in [0.1, 0.15) is 28.2 Å². The molecule has 0 bridgehead atoms. The monoisotopic (exact) mass is 269 g/mol. The molecular formula is C11H15N3O3S. The molecule has 0 aliphatic carbocycles. The molecule has 6 nitrogen and oxygen atoms in total. The minimum absolute atomic E-state index is 0.0998. The van der Waals surface area contributed by atoms with Crippen molar-refractivity contribution in [3.05, 3.63) is 10.6 Å². The second-order valence-electron chi connectivity index (χ2n) is 4.38. The van der Waals surface area contributed by atoms with Gasteiger partial charge in [0, 0.05) is 30.9 Å². The Morgan fingerprint density at radius 3 is 2.89 bits per heavy atom. The van der Waals surface area contributed by atoms with Gasteiger partial charge >= 0.3 is 5.97 Å². The summed E-state index contributed by atoms with van der Waals surface area (Å²) < 4.78 is 0. The van der Waals surface area contributed by atoms with E-state index in [9.17, 15) is 9.59 Å². The maximum absolute atomic E-state index is 11.3.